The summed E-state index contributed by atoms with van der Waals surface area (Å²) >= 11 is 4.63. The zero-order valence-corrected chi connectivity index (χ0v) is 11.6. The van der Waals surface area contributed by atoms with E-state index in [9.17, 15) is 4.39 Å². The third-order valence-corrected chi connectivity index (χ3v) is 3.07. The van der Waals surface area contributed by atoms with E-state index in [0.717, 1.165) is 25.9 Å². The first-order chi connectivity index (χ1) is 7.72. The van der Waals surface area contributed by atoms with Crippen molar-refractivity contribution in [2.45, 2.75) is 65.2 Å². The second kappa shape index (κ2) is 11.3. The highest BCUT2D eigenvalue weighted by atomic mass is 32.1. The van der Waals surface area contributed by atoms with Gasteiger partial charge in [0, 0.05) is 13.1 Å². The lowest BCUT2D eigenvalue weighted by atomic mass is 10.2. The molecular weight excluding hydrogens is 221 g/mol. The van der Waals surface area contributed by atoms with Crippen LogP contribution in [0.5, 0.6) is 0 Å². The van der Waals surface area contributed by atoms with Crippen LogP contribution in [0.2, 0.25) is 0 Å². The Kier molecular flexibility index (Phi) is 11.2. The lowest BCUT2D eigenvalue weighted by Crippen LogP contribution is -2.28. The molecule has 0 heterocycles. The van der Waals surface area contributed by atoms with Crippen LogP contribution in [0.25, 0.3) is 0 Å². The quantitative estimate of drug-likeness (QED) is 0.238. The van der Waals surface area contributed by atoms with Crippen molar-refractivity contribution >= 4 is 17.5 Å². The summed E-state index contributed by atoms with van der Waals surface area (Å²) in [5.41, 5.74) is 0. The molecule has 0 rings (SSSR count). The lowest BCUT2D eigenvalue weighted by molar-refractivity contribution is 0.363. The Morgan fingerprint density at radius 1 is 0.875 bits per heavy atom. The van der Waals surface area contributed by atoms with E-state index < -0.39 is 5.24 Å². The van der Waals surface area contributed by atoms with Crippen molar-refractivity contribution in [3.05, 3.63) is 0 Å². The molecule has 0 unspecified atom stereocenters. The van der Waals surface area contributed by atoms with Gasteiger partial charge in [0.2, 0.25) is 0 Å². The van der Waals surface area contributed by atoms with Gasteiger partial charge in [0.15, 0.2) is 0 Å². The van der Waals surface area contributed by atoms with Crippen LogP contribution in [0.3, 0.4) is 0 Å². The molecule has 0 amide bonds. The molecule has 0 N–H and O–H groups in total. The second-order valence-corrected chi connectivity index (χ2v) is 4.70. The molecule has 0 aromatic rings. The van der Waals surface area contributed by atoms with E-state index >= 15 is 0 Å². The van der Waals surface area contributed by atoms with E-state index in [-0.39, 0.29) is 0 Å². The Hall–Kier alpha value is -0.180. The van der Waals surface area contributed by atoms with Crippen LogP contribution < -0.4 is 0 Å². The van der Waals surface area contributed by atoms with Crippen LogP contribution >= 0.6 is 12.2 Å². The number of rotatable bonds is 10. The Labute approximate surface area is 105 Å². The molecule has 0 saturated carbocycles. The maximum absolute atomic E-state index is 13.0. The molecule has 3 heteroatoms. The molecule has 0 aliphatic rings. The third kappa shape index (κ3) is 9.08. The fraction of sp³-hybridized carbons (Fsp3) is 0.923. The molecular formula is C13H26FNS. The van der Waals surface area contributed by atoms with E-state index in [1.54, 1.807) is 4.90 Å². The summed E-state index contributed by atoms with van der Waals surface area (Å²) in [4.78, 5) is 1.72. The number of hydrogen-bond acceptors (Lipinski definition) is 1. The first-order valence-corrected chi connectivity index (χ1v) is 7.07. The predicted molar refractivity (Wildman–Crippen MR) is 73.6 cm³/mol. The fourth-order valence-electron chi connectivity index (χ4n) is 1.75. The van der Waals surface area contributed by atoms with Gasteiger partial charge in [0.25, 0.3) is 5.24 Å². The monoisotopic (exact) mass is 247 g/mol. The molecule has 0 atom stereocenters. The van der Waals surface area contributed by atoms with Gasteiger partial charge >= 0.3 is 0 Å². The standard InChI is InChI=1S/C13H26FNS/c1-3-5-7-9-11-15(13(14)16)12-10-8-6-4-2/h3-12H2,1-2H3. The van der Waals surface area contributed by atoms with Gasteiger partial charge in [-0.15, -0.1) is 0 Å². The van der Waals surface area contributed by atoms with Crippen LogP contribution in [0, 0.1) is 0 Å². The van der Waals surface area contributed by atoms with E-state index in [4.69, 9.17) is 0 Å². The van der Waals surface area contributed by atoms with E-state index in [1.807, 2.05) is 0 Å². The summed E-state index contributed by atoms with van der Waals surface area (Å²) in [5.74, 6) is 0. The van der Waals surface area contributed by atoms with E-state index in [0.29, 0.717) is 0 Å². The minimum atomic E-state index is -0.423. The minimum Gasteiger partial charge on any atom is -0.339 e. The summed E-state index contributed by atoms with van der Waals surface area (Å²) in [6.45, 7) is 5.95. The maximum atomic E-state index is 13.0. The van der Waals surface area contributed by atoms with Gasteiger partial charge in [-0.3, -0.25) is 0 Å². The molecule has 0 aromatic carbocycles. The average Bonchev–Trinajstić information content (AvgIpc) is 2.26. The van der Waals surface area contributed by atoms with E-state index in [1.165, 1.54) is 38.5 Å². The van der Waals surface area contributed by atoms with Gasteiger partial charge in [0.1, 0.15) is 0 Å². The minimum absolute atomic E-state index is 0.423. The highest BCUT2D eigenvalue weighted by molar-refractivity contribution is 7.79. The Bertz CT molecular complexity index is 161. The Morgan fingerprint density at radius 3 is 1.62 bits per heavy atom. The molecule has 0 fully saturated rings. The molecule has 0 radical (unpaired) electrons. The summed E-state index contributed by atoms with van der Waals surface area (Å²) in [5, 5.41) is -0.423. The lowest BCUT2D eigenvalue weighted by Gasteiger charge is -2.20. The summed E-state index contributed by atoms with van der Waals surface area (Å²) in [6.07, 6.45) is 9.41. The molecule has 0 aliphatic carbocycles. The number of thiocarbonyl (C=S) groups is 1. The first-order valence-electron chi connectivity index (χ1n) is 6.66. The van der Waals surface area contributed by atoms with Crippen molar-refractivity contribution in [2.24, 2.45) is 0 Å². The highest BCUT2D eigenvalue weighted by Gasteiger charge is 2.07. The SMILES string of the molecule is CCCCCCN(CCCCCC)C(F)=S. The van der Waals surface area contributed by atoms with Crippen LogP contribution in [0.4, 0.5) is 4.39 Å². The van der Waals surface area contributed by atoms with Crippen molar-refractivity contribution in [1.29, 1.82) is 0 Å². The van der Waals surface area contributed by atoms with E-state index in [2.05, 4.69) is 26.1 Å². The topological polar surface area (TPSA) is 3.24 Å². The smallest absolute Gasteiger partial charge is 0.255 e. The van der Waals surface area contributed by atoms with Crippen molar-refractivity contribution in [3.63, 3.8) is 0 Å². The van der Waals surface area contributed by atoms with Crippen molar-refractivity contribution in [3.8, 4) is 0 Å². The normalized spacial score (nSPS) is 10.4. The van der Waals surface area contributed by atoms with Crippen molar-refractivity contribution in [2.75, 3.05) is 13.1 Å². The van der Waals surface area contributed by atoms with Gasteiger partial charge < -0.3 is 4.90 Å². The number of halogens is 1. The molecule has 96 valence electrons. The third-order valence-electron chi connectivity index (χ3n) is 2.81. The molecule has 1 nitrogen and oxygen atoms in total. The Balaban J connectivity index is 3.59. The van der Waals surface area contributed by atoms with Crippen LogP contribution in [-0.4, -0.2) is 23.2 Å². The molecule has 0 bridgehead atoms. The summed E-state index contributed by atoms with van der Waals surface area (Å²) < 4.78 is 13.0. The van der Waals surface area contributed by atoms with Gasteiger partial charge in [0.05, 0.1) is 0 Å². The zero-order chi connectivity index (χ0) is 12.2. The molecule has 0 aromatic heterocycles. The number of nitrogens with zero attached hydrogens (tertiary/aromatic N) is 1. The van der Waals surface area contributed by atoms with Gasteiger partial charge in [-0.25, -0.2) is 0 Å². The van der Waals surface area contributed by atoms with Crippen LogP contribution in [0.15, 0.2) is 0 Å². The zero-order valence-electron chi connectivity index (χ0n) is 10.8. The largest absolute Gasteiger partial charge is 0.339 e. The molecule has 0 spiro atoms. The summed E-state index contributed by atoms with van der Waals surface area (Å²) in [7, 11) is 0. The fourth-order valence-corrected chi connectivity index (χ4v) is 1.93. The van der Waals surface area contributed by atoms with Gasteiger partial charge in [-0.1, -0.05) is 52.4 Å². The number of unbranched alkanes of at least 4 members (excludes halogenated alkanes) is 6. The van der Waals surface area contributed by atoms with Crippen LogP contribution in [0.1, 0.15) is 65.2 Å². The first kappa shape index (κ1) is 15.8. The predicted octanol–water partition coefficient (Wildman–Crippen LogP) is 4.70. The second-order valence-electron chi connectivity index (χ2n) is 4.36. The highest BCUT2D eigenvalue weighted by Crippen LogP contribution is 2.06. The molecule has 0 aliphatic heterocycles. The van der Waals surface area contributed by atoms with Crippen molar-refractivity contribution in [1.82, 2.24) is 4.90 Å². The number of hydrogen-bond donors (Lipinski definition) is 0. The Morgan fingerprint density at radius 2 is 1.31 bits per heavy atom. The molecule has 0 saturated heterocycles. The maximum Gasteiger partial charge on any atom is 0.255 e. The average molecular weight is 247 g/mol. The molecule has 16 heavy (non-hydrogen) atoms. The summed E-state index contributed by atoms with van der Waals surface area (Å²) in [6, 6.07) is 0. The van der Waals surface area contributed by atoms with Crippen LogP contribution in [-0.2, 0) is 0 Å². The van der Waals surface area contributed by atoms with Crippen molar-refractivity contribution < 1.29 is 4.39 Å². The van der Waals surface area contributed by atoms with Gasteiger partial charge in [-0.2, -0.15) is 4.39 Å². The van der Waals surface area contributed by atoms with Gasteiger partial charge in [-0.05, 0) is 25.1 Å².